The Hall–Kier alpha value is -4.18. The third-order valence-corrected chi connectivity index (χ3v) is 5.37. The number of methoxy groups -OCH3 is 1. The second-order valence-corrected chi connectivity index (χ2v) is 7.59. The zero-order valence-corrected chi connectivity index (χ0v) is 19.0. The molecule has 2 heterocycles. The van der Waals surface area contributed by atoms with Crippen molar-refractivity contribution < 1.29 is 14.3 Å². The summed E-state index contributed by atoms with van der Waals surface area (Å²) in [7, 11) is 3.28. The zero-order valence-electron chi connectivity index (χ0n) is 19.0. The number of amides is 1. The SMILES string of the molecule is COc1cccc(/C=N/N(C=O)Nc2ccc(-c3nc(N4CCOCC4)cc(=O)n3C)cc2)c1. The van der Waals surface area contributed by atoms with Gasteiger partial charge >= 0.3 is 0 Å². The average Bonchev–Trinajstić information content (AvgIpc) is 2.89. The molecular weight excluding hydrogens is 436 g/mol. The molecule has 3 aromatic rings. The minimum absolute atomic E-state index is 0.132. The lowest BCUT2D eigenvalue weighted by molar-refractivity contribution is -0.117. The van der Waals surface area contributed by atoms with Gasteiger partial charge in [-0.15, -0.1) is 5.12 Å². The van der Waals surface area contributed by atoms with Crippen molar-refractivity contribution in [1.82, 2.24) is 14.7 Å². The van der Waals surface area contributed by atoms with Crippen LogP contribution in [0.1, 0.15) is 5.56 Å². The minimum atomic E-state index is -0.132. The van der Waals surface area contributed by atoms with Gasteiger partial charge in [0.2, 0.25) is 6.41 Å². The molecule has 0 aliphatic carbocycles. The van der Waals surface area contributed by atoms with E-state index < -0.39 is 0 Å². The Labute approximate surface area is 197 Å². The number of rotatable bonds is 8. The highest BCUT2D eigenvalue weighted by atomic mass is 16.5. The van der Waals surface area contributed by atoms with E-state index in [4.69, 9.17) is 14.5 Å². The van der Waals surface area contributed by atoms with E-state index in [1.54, 1.807) is 38.6 Å². The van der Waals surface area contributed by atoms with E-state index in [9.17, 15) is 9.59 Å². The first kappa shape index (κ1) is 23.0. The highest BCUT2D eigenvalue weighted by Crippen LogP contribution is 2.21. The Morgan fingerprint density at radius 3 is 2.62 bits per heavy atom. The third-order valence-electron chi connectivity index (χ3n) is 5.37. The molecule has 0 radical (unpaired) electrons. The van der Waals surface area contributed by atoms with Crippen LogP contribution in [0.2, 0.25) is 0 Å². The molecule has 34 heavy (non-hydrogen) atoms. The van der Waals surface area contributed by atoms with E-state index in [-0.39, 0.29) is 5.56 Å². The Morgan fingerprint density at radius 2 is 1.91 bits per heavy atom. The number of hydrogen-bond donors (Lipinski definition) is 1. The summed E-state index contributed by atoms with van der Waals surface area (Å²) in [6.07, 6.45) is 2.12. The molecule has 0 bridgehead atoms. The van der Waals surface area contributed by atoms with Gasteiger partial charge in [-0.05, 0) is 42.0 Å². The van der Waals surface area contributed by atoms with Crippen molar-refractivity contribution in [2.45, 2.75) is 0 Å². The predicted molar refractivity (Wildman–Crippen MR) is 130 cm³/mol. The third kappa shape index (κ3) is 5.41. The lowest BCUT2D eigenvalue weighted by atomic mass is 10.2. The Bertz CT molecular complexity index is 1220. The van der Waals surface area contributed by atoms with E-state index in [1.165, 1.54) is 4.57 Å². The predicted octanol–water partition coefficient (Wildman–Crippen LogP) is 2.11. The number of morpholine rings is 1. The number of anilines is 2. The summed E-state index contributed by atoms with van der Waals surface area (Å²) in [5, 5.41) is 5.22. The smallest absolute Gasteiger partial charge is 0.255 e. The number of carbonyl (C=O) groups excluding carboxylic acids is 1. The maximum Gasteiger partial charge on any atom is 0.255 e. The molecule has 1 fully saturated rings. The van der Waals surface area contributed by atoms with Gasteiger partial charge < -0.3 is 14.4 Å². The Balaban J connectivity index is 1.50. The largest absolute Gasteiger partial charge is 0.497 e. The number of hydrogen-bond acceptors (Lipinski definition) is 8. The van der Waals surface area contributed by atoms with Gasteiger partial charge in [-0.1, -0.05) is 12.1 Å². The second kappa shape index (κ2) is 10.6. The topological polar surface area (TPSA) is 101 Å². The van der Waals surface area contributed by atoms with E-state index >= 15 is 0 Å². The summed E-state index contributed by atoms with van der Waals surface area (Å²) in [5.41, 5.74) is 5.00. The fourth-order valence-electron chi connectivity index (χ4n) is 3.50. The van der Waals surface area contributed by atoms with Crippen molar-refractivity contribution in [2.24, 2.45) is 12.1 Å². The maximum absolute atomic E-state index is 12.5. The highest BCUT2D eigenvalue weighted by Gasteiger charge is 2.16. The van der Waals surface area contributed by atoms with Crippen LogP contribution >= 0.6 is 0 Å². The molecule has 4 rings (SSSR count). The molecule has 0 unspecified atom stereocenters. The molecule has 10 heteroatoms. The molecule has 1 amide bonds. The number of benzene rings is 2. The number of carbonyl (C=O) groups is 1. The van der Waals surface area contributed by atoms with Crippen LogP contribution in [0.25, 0.3) is 11.4 Å². The summed E-state index contributed by atoms with van der Waals surface area (Å²) in [6, 6.07) is 16.1. The summed E-state index contributed by atoms with van der Waals surface area (Å²) >= 11 is 0. The molecule has 0 saturated carbocycles. The minimum Gasteiger partial charge on any atom is -0.497 e. The molecular formula is C24H26N6O4. The van der Waals surface area contributed by atoms with Crippen LogP contribution in [0, 0.1) is 0 Å². The summed E-state index contributed by atoms with van der Waals surface area (Å²) < 4.78 is 12.1. The van der Waals surface area contributed by atoms with Crippen molar-refractivity contribution >= 4 is 24.1 Å². The first-order valence-corrected chi connectivity index (χ1v) is 10.8. The van der Waals surface area contributed by atoms with E-state index in [0.29, 0.717) is 55.8 Å². The summed E-state index contributed by atoms with van der Waals surface area (Å²) in [4.78, 5) is 30.8. The first-order chi connectivity index (χ1) is 16.6. The number of nitrogens with one attached hydrogen (secondary N) is 1. The normalized spacial score (nSPS) is 13.6. The van der Waals surface area contributed by atoms with E-state index in [1.807, 2.05) is 41.3 Å². The molecule has 0 spiro atoms. The quantitative estimate of drug-likeness (QED) is 0.311. The van der Waals surface area contributed by atoms with Gasteiger partial charge in [0.25, 0.3) is 5.56 Å². The van der Waals surface area contributed by atoms with Crippen LogP contribution in [-0.2, 0) is 16.6 Å². The van der Waals surface area contributed by atoms with Gasteiger partial charge in [-0.3, -0.25) is 19.6 Å². The molecule has 2 aromatic carbocycles. The van der Waals surface area contributed by atoms with E-state index in [2.05, 4.69) is 10.5 Å². The van der Waals surface area contributed by atoms with Crippen LogP contribution in [0.3, 0.4) is 0 Å². The van der Waals surface area contributed by atoms with Crippen molar-refractivity contribution in [3.63, 3.8) is 0 Å². The Kier molecular flexibility index (Phi) is 7.19. The number of ether oxygens (including phenoxy) is 2. The van der Waals surface area contributed by atoms with Crippen LogP contribution in [0.15, 0.2) is 64.5 Å². The molecule has 10 nitrogen and oxygen atoms in total. The lowest BCUT2D eigenvalue weighted by Crippen LogP contribution is -2.38. The summed E-state index contributed by atoms with van der Waals surface area (Å²) in [6.45, 7) is 2.61. The number of hydrazine groups is 1. The summed E-state index contributed by atoms with van der Waals surface area (Å²) in [5.74, 6) is 1.90. The van der Waals surface area contributed by atoms with Gasteiger partial charge in [-0.25, -0.2) is 4.98 Å². The van der Waals surface area contributed by atoms with Crippen LogP contribution in [0.5, 0.6) is 5.75 Å². The fourth-order valence-corrected chi connectivity index (χ4v) is 3.50. The lowest BCUT2D eigenvalue weighted by Gasteiger charge is -2.28. The first-order valence-electron chi connectivity index (χ1n) is 10.8. The number of aromatic nitrogens is 2. The standard InChI is InChI=1S/C24H26N6O4/c1-28-23(32)15-22(29-10-12-34-13-11-29)26-24(28)19-6-8-20(9-7-19)27-30(17-31)25-16-18-4-3-5-21(14-18)33-2/h3-9,14-17,27H,10-13H2,1-2H3/b25-16+. The maximum atomic E-state index is 12.5. The highest BCUT2D eigenvalue weighted by molar-refractivity contribution is 5.80. The van der Waals surface area contributed by atoms with Gasteiger partial charge in [0.15, 0.2) is 0 Å². The average molecular weight is 463 g/mol. The van der Waals surface area contributed by atoms with Crippen molar-refractivity contribution in [2.75, 3.05) is 43.7 Å². The van der Waals surface area contributed by atoms with Crippen LogP contribution in [0.4, 0.5) is 11.5 Å². The number of nitrogens with zero attached hydrogens (tertiary/aromatic N) is 5. The molecule has 176 valence electrons. The molecule has 1 aliphatic heterocycles. The van der Waals surface area contributed by atoms with Gasteiger partial charge in [0.05, 0.1) is 32.2 Å². The van der Waals surface area contributed by atoms with E-state index in [0.717, 1.165) is 16.2 Å². The molecule has 1 N–H and O–H groups in total. The molecule has 1 saturated heterocycles. The van der Waals surface area contributed by atoms with Crippen molar-refractivity contribution in [3.05, 3.63) is 70.5 Å². The molecule has 1 aliphatic rings. The van der Waals surface area contributed by atoms with Gasteiger partial charge in [0, 0.05) is 31.8 Å². The van der Waals surface area contributed by atoms with Gasteiger partial charge in [0.1, 0.15) is 17.4 Å². The van der Waals surface area contributed by atoms with Gasteiger partial charge in [-0.2, -0.15) is 5.10 Å². The zero-order chi connectivity index (χ0) is 23.9. The van der Waals surface area contributed by atoms with Crippen molar-refractivity contribution in [1.29, 1.82) is 0 Å². The van der Waals surface area contributed by atoms with Crippen LogP contribution in [-0.4, -0.2) is 60.7 Å². The Morgan fingerprint density at radius 1 is 1.15 bits per heavy atom. The fraction of sp³-hybridized carbons (Fsp3) is 0.250. The molecule has 0 atom stereocenters. The molecule has 1 aromatic heterocycles. The monoisotopic (exact) mass is 462 g/mol. The van der Waals surface area contributed by atoms with Crippen LogP contribution < -0.4 is 20.6 Å². The number of hydrazone groups is 1. The van der Waals surface area contributed by atoms with Crippen molar-refractivity contribution in [3.8, 4) is 17.1 Å². The second-order valence-electron chi connectivity index (χ2n) is 7.59.